The minimum atomic E-state index is -0.350. The van der Waals surface area contributed by atoms with Crippen molar-refractivity contribution in [1.82, 2.24) is 5.32 Å². The van der Waals surface area contributed by atoms with E-state index in [4.69, 9.17) is 0 Å². The van der Waals surface area contributed by atoms with E-state index in [2.05, 4.69) is 35.4 Å². The summed E-state index contributed by atoms with van der Waals surface area (Å²) < 4.78 is 0. The number of anilines is 2. The molecule has 0 aliphatic heterocycles. The van der Waals surface area contributed by atoms with Gasteiger partial charge >= 0.3 is 0 Å². The molecule has 0 radical (unpaired) electrons. The van der Waals surface area contributed by atoms with Gasteiger partial charge in [0.05, 0.1) is 0 Å². The zero-order valence-electron chi connectivity index (χ0n) is 15.7. The van der Waals surface area contributed by atoms with E-state index in [0.29, 0.717) is 0 Å². The van der Waals surface area contributed by atoms with Crippen molar-refractivity contribution in [2.45, 2.75) is 47.1 Å². The van der Waals surface area contributed by atoms with Crippen LogP contribution in [-0.2, 0) is 4.79 Å². The fourth-order valence-corrected chi connectivity index (χ4v) is 2.30. The Hall–Kier alpha value is -2.19. The fourth-order valence-electron chi connectivity index (χ4n) is 2.30. The SMILES string of the molecule is CCC(C)NC(=O)/C(C#N)=C\Nc1ccc(N(CC)CC)cc1C.[Cl-]. The number of benzene rings is 1. The molecule has 0 heterocycles. The second-order valence-electron chi connectivity index (χ2n) is 5.77. The summed E-state index contributed by atoms with van der Waals surface area (Å²) in [5.41, 5.74) is 3.19. The highest BCUT2D eigenvalue weighted by Crippen LogP contribution is 2.22. The summed E-state index contributed by atoms with van der Waals surface area (Å²) in [5, 5.41) is 15.1. The summed E-state index contributed by atoms with van der Waals surface area (Å²) in [6.07, 6.45) is 2.29. The molecule has 0 aliphatic rings. The van der Waals surface area contributed by atoms with Crippen molar-refractivity contribution < 1.29 is 17.2 Å². The number of hydrogen-bond acceptors (Lipinski definition) is 4. The lowest BCUT2D eigenvalue weighted by Gasteiger charge is -2.22. The van der Waals surface area contributed by atoms with Crippen LogP contribution in [0.25, 0.3) is 0 Å². The van der Waals surface area contributed by atoms with Crippen molar-refractivity contribution in [1.29, 1.82) is 5.26 Å². The van der Waals surface area contributed by atoms with Crippen LogP contribution in [0.3, 0.4) is 0 Å². The van der Waals surface area contributed by atoms with E-state index in [1.54, 1.807) is 0 Å². The van der Waals surface area contributed by atoms with Crippen molar-refractivity contribution in [2.24, 2.45) is 0 Å². The van der Waals surface area contributed by atoms with E-state index in [9.17, 15) is 10.1 Å². The normalized spacial score (nSPS) is 11.8. The predicted octanol–water partition coefficient (Wildman–Crippen LogP) is 0.579. The Bertz CT molecular complexity index is 633. The summed E-state index contributed by atoms with van der Waals surface area (Å²) in [7, 11) is 0. The van der Waals surface area contributed by atoms with Crippen LogP contribution in [-0.4, -0.2) is 25.0 Å². The van der Waals surface area contributed by atoms with Gasteiger partial charge in [0.1, 0.15) is 11.6 Å². The first kappa shape index (κ1) is 22.8. The Morgan fingerprint density at radius 1 is 1.32 bits per heavy atom. The van der Waals surface area contributed by atoms with Gasteiger partial charge < -0.3 is 27.9 Å². The summed E-state index contributed by atoms with van der Waals surface area (Å²) in [6, 6.07) is 8.11. The predicted molar refractivity (Wildman–Crippen MR) is 100.0 cm³/mol. The Morgan fingerprint density at radius 2 is 1.96 bits per heavy atom. The third kappa shape index (κ3) is 6.67. The van der Waals surface area contributed by atoms with Crippen molar-refractivity contribution >= 4 is 17.3 Å². The molecule has 0 saturated heterocycles. The van der Waals surface area contributed by atoms with Crippen molar-refractivity contribution in [3.63, 3.8) is 0 Å². The van der Waals surface area contributed by atoms with Crippen LogP contribution in [0.2, 0.25) is 0 Å². The van der Waals surface area contributed by atoms with Crippen LogP contribution in [0.1, 0.15) is 39.7 Å². The lowest BCUT2D eigenvalue weighted by atomic mass is 10.1. The van der Waals surface area contributed by atoms with Gasteiger partial charge in [-0.2, -0.15) is 5.26 Å². The third-order valence-electron chi connectivity index (χ3n) is 4.07. The zero-order chi connectivity index (χ0) is 18.1. The van der Waals surface area contributed by atoms with Crippen molar-refractivity contribution in [3.05, 3.63) is 35.5 Å². The highest BCUT2D eigenvalue weighted by molar-refractivity contribution is 5.97. The van der Waals surface area contributed by atoms with Crippen LogP contribution in [0.15, 0.2) is 30.0 Å². The van der Waals surface area contributed by atoms with Gasteiger partial charge in [-0.1, -0.05) is 6.92 Å². The summed E-state index contributed by atoms with van der Waals surface area (Å²) >= 11 is 0. The molecule has 0 aromatic heterocycles. The molecule has 1 atom stereocenters. The number of nitrogens with one attached hydrogen (secondary N) is 2. The number of rotatable bonds is 8. The van der Waals surface area contributed by atoms with E-state index < -0.39 is 0 Å². The first-order valence-corrected chi connectivity index (χ1v) is 8.49. The summed E-state index contributed by atoms with van der Waals surface area (Å²) in [6.45, 7) is 12.1. The molecular formula is C19H28ClN4O-. The van der Waals surface area contributed by atoms with E-state index in [1.165, 1.54) is 11.9 Å². The second-order valence-corrected chi connectivity index (χ2v) is 5.77. The van der Waals surface area contributed by atoms with Gasteiger partial charge in [0.25, 0.3) is 5.91 Å². The summed E-state index contributed by atoms with van der Waals surface area (Å²) in [4.78, 5) is 14.3. The van der Waals surface area contributed by atoms with Crippen molar-refractivity contribution in [2.75, 3.05) is 23.3 Å². The number of nitriles is 1. The summed E-state index contributed by atoms with van der Waals surface area (Å²) in [5.74, 6) is -0.350. The Labute approximate surface area is 157 Å². The molecule has 0 spiro atoms. The van der Waals surface area contributed by atoms with Gasteiger partial charge in [-0.3, -0.25) is 4.79 Å². The van der Waals surface area contributed by atoms with Crippen LogP contribution < -0.4 is 27.9 Å². The largest absolute Gasteiger partial charge is 1.00 e. The molecule has 25 heavy (non-hydrogen) atoms. The van der Waals surface area contributed by atoms with Gasteiger partial charge in [-0.25, -0.2) is 0 Å². The average molecular weight is 364 g/mol. The highest BCUT2D eigenvalue weighted by atomic mass is 35.5. The van der Waals surface area contributed by atoms with Crippen LogP contribution in [0.5, 0.6) is 0 Å². The lowest BCUT2D eigenvalue weighted by molar-refractivity contribution is -0.117. The second kappa shape index (κ2) is 11.4. The monoisotopic (exact) mass is 363 g/mol. The molecular weight excluding hydrogens is 336 g/mol. The quantitative estimate of drug-likeness (QED) is 0.523. The number of hydrogen-bond donors (Lipinski definition) is 2. The number of nitrogens with zero attached hydrogens (tertiary/aromatic N) is 2. The maximum atomic E-state index is 12.0. The number of amides is 1. The average Bonchev–Trinajstić information content (AvgIpc) is 2.57. The van der Waals surface area contributed by atoms with E-state index in [0.717, 1.165) is 30.8 Å². The smallest absolute Gasteiger partial charge is 0.263 e. The Morgan fingerprint density at radius 3 is 2.44 bits per heavy atom. The first-order chi connectivity index (χ1) is 11.5. The van der Waals surface area contributed by atoms with Crippen LogP contribution in [0, 0.1) is 18.3 Å². The third-order valence-corrected chi connectivity index (χ3v) is 4.07. The molecule has 138 valence electrons. The van der Waals surface area contributed by atoms with Crippen LogP contribution >= 0.6 is 0 Å². The molecule has 1 rings (SSSR count). The lowest BCUT2D eigenvalue weighted by Crippen LogP contribution is -3.00. The topological polar surface area (TPSA) is 68.2 Å². The van der Waals surface area contributed by atoms with E-state index >= 15 is 0 Å². The van der Waals surface area contributed by atoms with Crippen molar-refractivity contribution in [3.8, 4) is 6.07 Å². The highest BCUT2D eigenvalue weighted by Gasteiger charge is 2.11. The molecule has 1 aromatic rings. The molecule has 6 heteroatoms. The number of halogens is 1. The first-order valence-electron chi connectivity index (χ1n) is 8.49. The number of carbonyl (C=O) groups is 1. The maximum Gasteiger partial charge on any atom is 0.263 e. The molecule has 0 bridgehead atoms. The molecule has 1 amide bonds. The fraction of sp³-hybridized carbons (Fsp3) is 0.474. The minimum Gasteiger partial charge on any atom is -1.00 e. The molecule has 5 nitrogen and oxygen atoms in total. The number of aryl methyl sites for hydroxylation is 1. The Kier molecular flexibility index (Phi) is 10.4. The molecule has 0 aliphatic carbocycles. The molecule has 0 fully saturated rings. The molecule has 2 N–H and O–H groups in total. The van der Waals surface area contributed by atoms with Gasteiger partial charge in [-0.05, 0) is 57.9 Å². The number of carbonyl (C=O) groups excluding carboxylic acids is 1. The zero-order valence-corrected chi connectivity index (χ0v) is 16.4. The van der Waals surface area contributed by atoms with Gasteiger partial charge in [0.15, 0.2) is 0 Å². The van der Waals surface area contributed by atoms with Gasteiger partial charge in [0.2, 0.25) is 0 Å². The van der Waals surface area contributed by atoms with Crippen LogP contribution in [0.4, 0.5) is 11.4 Å². The maximum absolute atomic E-state index is 12.0. The molecule has 1 aromatic carbocycles. The molecule has 1 unspecified atom stereocenters. The Balaban J connectivity index is 0.00000576. The molecule has 0 saturated carbocycles. The van der Waals surface area contributed by atoms with E-state index in [1.807, 2.05) is 39.0 Å². The standard InChI is InChI=1S/C19H28N4O.ClH/c1-6-15(5)22-19(24)16(12-20)13-21-18-10-9-17(11-14(18)4)23(7-2)8-3;/h9-11,13,15,21H,6-8H2,1-5H3,(H,22,24);1H/p-1/b16-13-;. The van der Waals surface area contributed by atoms with E-state index in [-0.39, 0.29) is 29.9 Å². The minimum absolute atomic E-state index is 0. The van der Waals surface area contributed by atoms with Gasteiger partial charge in [-0.15, -0.1) is 0 Å². The van der Waals surface area contributed by atoms with Gasteiger partial charge in [0, 0.05) is 36.7 Å².